The van der Waals surface area contributed by atoms with Crippen molar-refractivity contribution in [2.75, 3.05) is 26.3 Å². The minimum absolute atomic E-state index is 0.154. The first kappa shape index (κ1) is 16.7. The summed E-state index contributed by atoms with van der Waals surface area (Å²) < 4.78 is 31.0. The maximum atomic E-state index is 13.3. The Bertz CT molecular complexity index is 641. The van der Waals surface area contributed by atoms with E-state index in [0.717, 1.165) is 12.1 Å². The maximum Gasteiger partial charge on any atom is 0.162 e. The van der Waals surface area contributed by atoms with E-state index in [1.54, 1.807) is 12.1 Å². The van der Waals surface area contributed by atoms with Crippen molar-refractivity contribution in [1.82, 2.24) is 5.32 Å². The van der Waals surface area contributed by atoms with Gasteiger partial charge in [-0.15, -0.1) is 0 Å². The first-order valence-corrected chi connectivity index (χ1v) is 8.24. The quantitative estimate of drug-likeness (QED) is 0.882. The van der Waals surface area contributed by atoms with Crippen molar-refractivity contribution in [1.29, 1.82) is 0 Å². The summed E-state index contributed by atoms with van der Waals surface area (Å²) in [6.07, 6.45) is -0.501. The van der Waals surface area contributed by atoms with Gasteiger partial charge in [0.1, 0.15) is 11.9 Å². The predicted octanol–water partition coefficient (Wildman–Crippen LogP) is 3.33. The number of hydrogen-bond donors (Lipinski definition) is 1. The Kier molecular flexibility index (Phi) is 5.67. The Morgan fingerprint density at radius 1 is 1.17 bits per heavy atom. The van der Waals surface area contributed by atoms with Crippen molar-refractivity contribution in [2.24, 2.45) is 0 Å². The molecule has 2 atom stereocenters. The second-order valence-electron chi connectivity index (χ2n) is 5.58. The summed E-state index contributed by atoms with van der Waals surface area (Å²) in [4.78, 5) is 0. The zero-order valence-corrected chi connectivity index (χ0v) is 13.7. The minimum atomic E-state index is -0.347. The third kappa shape index (κ3) is 4.04. The van der Waals surface area contributed by atoms with E-state index in [1.807, 2.05) is 31.2 Å². The number of hydrogen-bond acceptors (Lipinski definition) is 4. The molecule has 0 aromatic heterocycles. The van der Waals surface area contributed by atoms with Crippen molar-refractivity contribution in [2.45, 2.75) is 19.1 Å². The molecule has 1 saturated heterocycles. The molecule has 1 aliphatic heterocycles. The minimum Gasteiger partial charge on any atom is -0.490 e. The number of benzene rings is 2. The summed E-state index contributed by atoms with van der Waals surface area (Å²) >= 11 is 0. The number of rotatable bonds is 6. The van der Waals surface area contributed by atoms with Crippen LogP contribution in [0.2, 0.25) is 0 Å². The van der Waals surface area contributed by atoms with Crippen LogP contribution in [0, 0.1) is 5.82 Å². The van der Waals surface area contributed by atoms with Gasteiger partial charge in [0.05, 0.1) is 13.2 Å². The molecule has 2 aromatic rings. The van der Waals surface area contributed by atoms with Gasteiger partial charge in [-0.1, -0.05) is 24.3 Å². The highest BCUT2D eigenvalue weighted by atomic mass is 18.2. The maximum absolute atomic E-state index is 13.3. The highest BCUT2D eigenvalue weighted by Gasteiger charge is 2.28. The van der Waals surface area contributed by atoms with Crippen LogP contribution >= 0.6 is 0 Å². The summed E-state index contributed by atoms with van der Waals surface area (Å²) in [6, 6.07) is 13.9. The number of nitrogens with one attached hydrogen (secondary N) is 1. The van der Waals surface area contributed by atoms with Crippen molar-refractivity contribution >= 4 is 0 Å². The molecule has 1 N–H and O–H groups in total. The third-order valence-electron chi connectivity index (χ3n) is 3.90. The van der Waals surface area contributed by atoms with Crippen LogP contribution in [0.25, 0.3) is 0 Å². The Morgan fingerprint density at radius 3 is 2.58 bits per heavy atom. The van der Waals surface area contributed by atoms with Crippen LogP contribution in [-0.2, 0) is 4.74 Å². The van der Waals surface area contributed by atoms with Crippen LogP contribution in [-0.4, -0.2) is 32.4 Å². The molecule has 0 bridgehead atoms. The van der Waals surface area contributed by atoms with Crippen molar-refractivity contribution in [3.8, 4) is 11.5 Å². The lowest BCUT2D eigenvalue weighted by molar-refractivity contribution is -0.0439. The third-order valence-corrected chi connectivity index (χ3v) is 3.90. The van der Waals surface area contributed by atoms with Crippen LogP contribution in [0.3, 0.4) is 0 Å². The molecular formula is C19H22FNO3. The normalized spacial score (nSPS) is 18.8. The van der Waals surface area contributed by atoms with Gasteiger partial charge in [0.2, 0.25) is 0 Å². The highest BCUT2D eigenvalue weighted by Crippen LogP contribution is 2.33. The smallest absolute Gasteiger partial charge is 0.162 e. The Morgan fingerprint density at radius 2 is 1.92 bits per heavy atom. The van der Waals surface area contributed by atoms with Crippen molar-refractivity contribution < 1.29 is 18.6 Å². The molecule has 0 amide bonds. The van der Waals surface area contributed by atoms with E-state index >= 15 is 0 Å². The van der Waals surface area contributed by atoms with Crippen LogP contribution in [0.15, 0.2) is 48.5 Å². The molecule has 128 valence electrons. The molecule has 5 heteroatoms. The number of morpholine rings is 1. The summed E-state index contributed by atoms with van der Waals surface area (Å²) in [6.45, 7) is 4.62. The van der Waals surface area contributed by atoms with Gasteiger partial charge in [0, 0.05) is 13.1 Å². The summed E-state index contributed by atoms with van der Waals surface area (Å²) in [5.41, 5.74) is 0.872. The first-order valence-electron chi connectivity index (χ1n) is 8.24. The van der Waals surface area contributed by atoms with E-state index < -0.39 is 0 Å². The van der Waals surface area contributed by atoms with Crippen LogP contribution in [0.4, 0.5) is 4.39 Å². The standard InChI is InChI=1S/C19H22FNO3/c1-2-22-16-5-3-4-6-17(16)24-19(18-13-21-11-12-23-18)14-7-9-15(20)10-8-14/h3-10,18-19,21H,2,11-13H2,1H3/t18-,19-/m0/s1/i20-1. The Hall–Kier alpha value is -2.11. The van der Waals surface area contributed by atoms with Gasteiger partial charge < -0.3 is 19.5 Å². The molecule has 1 heterocycles. The first-order chi connectivity index (χ1) is 11.8. The lowest BCUT2D eigenvalue weighted by Gasteiger charge is -2.32. The summed E-state index contributed by atoms with van der Waals surface area (Å²) in [7, 11) is 0. The Balaban J connectivity index is 1.88. The molecule has 1 aliphatic rings. The molecule has 24 heavy (non-hydrogen) atoms. The molecule has 1 fully saturated rings. The molecule has 0 spiro atoms. The fraction of sp³-hybridized carbons (Fsp3) is 0.368. The molecular weight excluding hydrogens is 308 g/mol. The van der Waals surface area contributed by atoms with Gasteiger partial charge in [-0.05, 0) is 36.8 Å². The van der Waals surface area contributed by atoms with E-state index in [0.29, 0.717) is 31.3 Å². The molecule has 0 unspecified atom stereocenters. The van der Waals surface area contributed by atoms with Gasteiger partial charge in [-0.2, -0.15) is 0 Å². The molecule has 3 rings (SSSR count). The van der Waals surface area contributed by atoms with Crippen LogP contribution < -0.4 is 14.8 Å². The van der Waals surface area contributed by atoms with E-state index in [2.05, 4.69) is 5.32 Å². The summed E-state index contributed by atoms with van der Waals surface area (Å²) in [5.74, 6) is 1.08. The lowest BCUT2D eigenvalue weighted by Crippen LogP contribution is -2.43. The fourth-order valence-corrected chi connectivity index (χ4v) is 2.75. The highest BCUT2D eigenvalue weighted by molar-refractivity contribution is 5.40. The van der Waals surface area contributed by atoms with Gasteiger partial charge >= 0.3 is 0 Å². The number of ether oxygens (including phenoxy) is 3. The van der Waals surface area contributed by atoms with Crippen LogP contribution in [0.5, 0.6) is 11.5 Å². The van der Waals surface area contributed by atoms with E-state index in [1.165, 1.54) is 12.1 Å². The van der Waals surface area contributed by atoms with Gasteiger partial charge in [0.15, 0.2) is 17.6 Å². The molecule has 0 saturated carbocycles. The second-order valence-corrected chi connectivity index (χ2v) is 5.58. The average Bonchev–Trinajstić information content (AvgIpc) is 2.63. The zero-order valence-electron chi connectivity index (χ0n) is 13.7. The molecule has 2 aromatic carbocycles. The van der Waals surface area contributed by atoms with Crippen LogP contribution in [0.1, 0.15) is 18.6 Å². The fourth-order valence-electron chi connectivity index (χ4n) is 2.75. The van der Waals surface area contributed by atoms with E-state index in [-0.39, 0.29) is 18.0 Å². The monoisotopic (exact) mass is 330 g/mol. The SMILES string of the molecule is CCOc1ccccc1O[C@@H](c1ccc([18F])cc1)[C@@H]1CNCCO1. The largest absolute Gasteiger partial charge is 0.490 e. The number of halogens is 1. The predicted molar refractivity (Wildman–Crippen MR) is 90.0 cm³/mol. The van der Waals surface area contributed by atoms with Gasteiger partial charge in [0.25, 0.3) is 0 Å². The lowest BCUT2D eigenvalue weighted by atomic mass is 10.0. The number of para-hydroxylation sites is 2. The van der Waals surface area contributed by atoms with Crippen molar-refractivity contribution in [3.63, 3.8) is 0 Å². The zero-order chi connectivity index (χ0) is 16.8. The molecule has 0 aliphatic carbocycles. The van der Waals surface area contributed by atoms with Crippen molar-refractivity contribution in [3.05, 3.63) is 59.9 Å². The Labute approximate surface area is 141 Å². The average molecular weight is 330 g/mol. The second kappa shape index (κ2) is 8.13. The van der Waals surface area contributed by atoms with Gasteiger partial charge in [-0.25, -0.2) is 4.39 Å². The topological polar surface area (TPSA) is 39.7 Å². The summed E-state index contributed by atoms with van der Waals surface area (Å²) in [5, 5.41) is 3.31. The molecule has 0 radical (unpaired) electrons. The van der Waals surface area contributed by atoms with E-state index in [4.69, 9.17) is 14.2 Å². The molecule has 4 nitrogen and oxygen atoms in total. The van der Waals surface area contributed by atoms with E-state index in [9.17, 15) is 4.39 Å². The van der Waals surface area contributed by atoms with Gasteiger partial charge in [-0.3, -0.25) is 0 Å².